The third-order valence-corrected chi connectivity index (χ3v) is 5.72. The van der Waals surface area contributed by atoms with Gasteiger partial charge in [-0.25, -0.2) is 8.42 Å². The summed E-state index contributed by atoms with van der Waals surface area (Å²) in [5, 5.41) is 9.00. The zero-order valence-corrected chi connectivity index (χ0v) is 12.8. The molecule has 1 fully saturated rings. The molecule has 1 amide bonds. The smallest absolute Gasteiger partial charge is 0.265 e. The number of hydrogen-bond donors (Lipinski definition) is 2. The Morgan fingerprint density at radius 2 is 2.24 bits per heavy atom. The van der Waals surface area contributed by atoms with Crippen molar-refractivity contribution in [2.75, 3.05) is 19.7 Å². The van der Waals surface area contributed by atoms with Crippen molar-refractivity contribution in [1.82, 2.24) is 8.87 Å². The number of carbonyl (C=O) groups excluding carboxylic acids is 1. The second-order valence-corrected chi connectivity index (χ2v) is 7.36. The largest absolute Gasteiger partial charge is 0.396 e. The molecule has 0 radical (unpaired) electrons. The lowest BCUT2D eigenvalue weighted by Crippen LogP contribution is -2.40. The summed E-state index contributed by atoms with van der Waals surface area (Å²) in [4.78, 5) is 11.3. The van der Waals surface area contributed by atoms with Gasteiger partial charge in [0.1, 0.15) is 10.6 Å². The summed E-state index contributed by atoms with van der Waals surface area (Å²) in [6, 6.07) is 1.31. The minimum atomic E-state index is -3.63. The van der Waals surface area contributed by atoms with Crippen LogP contribution in [0, 0.1) is 5.92 Å². The predicted molar refractivity (Wildman–Crippen MR) is 77.1 cm³/mol. The molecule has 21 heavy (non-hydrogen) atoms. The maximum Gasteiger partial charge on any atom is 0.265 e. The Hall–Kier alpha value is -1.38. The summed E-state index contributed by atoms with van der Waals surface area (Å²) in [6.07, 6.45) is 3.71. The summed E-state index contributed by atoms with van der Waals surface area (Å²) in [6.45, 7) is 0.935. The van der Waals surface area contributed by atoms with Crippen LogP contribution >= 0.6 is 0 Å². The van der Waals surface area contributed by atoms with E-state index in [4.69, 9.17) is 10.8 Å². The van der Waals surface area contributed by atoms with Crippen LogP contribution in [0.2, 0.25) is 0 Å². The normalized spacial score (nSPS) is 20.6. The number of nitrogens with zero attached hydrogens (tertiary/aromatic N) is 2. The van der Waals surface area contributed by atoms with Gasteiger partial charge in [-0.05, 0) is 31.2 Å². The van der Waals surface area contributed by atoms with Crippen LogP contribution in [-0.4, -0.2) is 48.0 Å². The van der Waals surface area contributed by atoms with Crippen LogP contribution in [-0.2, 0) is 17.1 Å². The number of aliphatic hydroxyl groups is 1. The Kier molecular flexibility index (Phi) is 4.70. The van der Waals surface area contributed by atoms with E-state index >= 15 is 0 Å². The van der Waals surface area contributed by atoms with Gasteiger partial charge >= 0.3 is 0 Å². The van der Waals surface area contributed by atoms with Crippen molar-refractivity contribution in [2.45, 2.75) is 24.2 Å². The first-order valence-corrected chi connectivity index (χ1v) is 8.37. The number of aromatic nitrogens is 1. The molecule has 2 heterocycles. The van der Waals surface area contributed by atoms with E-state index in [1.165, 1.54) is 21.1 Å². The van der Waals surface area contributed by atoms with Gasteiger partial charge in [0.05, 0.1) is 0 Å². The second kappa shape index (κ2) is 6.17. The SMILES string of the molecule is Cn1cc(S(=O)(=O)N2CCCC(CCO)C2)cc1C(N)=O. The average Bonchev–Trinajstić information content (AvgIpc) is 2.82. The highest BCUT2D eigenvalue weighted by molar-refractivity contribution is 7.89. The Balaban J connectivity index is 2.25. The molecule has 1 aromatic rings. The fourth-order valence-corrected chi connectivity index (χ4v) is 4.36. The van der Waals surface area contributed by atoms with Gasteiger partial charge in [-0.1, -0.05) is 0 Å². The molecule has 0 bridgehead atoms. The molecule has 7 nitrogen and oxygen atoms in total. The molecule has 1 atom stereocenters. The van der Waals surface area contributed by atoms with Crippen LogP contribution < -0.4 is 5.73 Å². The maximum atomic E-state index is 12.6. The lowest BCUT2D eigenvalue weighted by molar-refractivity contribution is 0.0992. The van der Waals surface area contributed by atoms with E-state index in [0.717, 1.165) is 12.8 Å². The van der Waals surface area contributed by atoms with E-state index in [0.29, 0.717) is 19.5 Å². The van der Waals surface area contributed by atoms with Crippen LogP contribution in [0.1, 0.15) is 29.8 Å². The molecule has 0 aliphatic carbocycles. The van der Waals surface area contributed by atoms with Crippen molar-refractivity contribution in [3.8, 4) is 0 Å². The van der Waals surface area contributed by atoms with Gasteiger partial charge in [-0.2, -0.15) is 4.31 Å². The Morgan fingerprint density at radius 3 is 2.81 bits per heavy atom. The molecule has 3 N–H and O–H groups in total. The van der Waals surface area contributed by atoms with Gasteiger partial charge in [0, 0.05) is 32.9 Å². The first kappa shape index (κ1) is 16.0. The molecule has 1 unspecified atom stereocenters. The van der Waals surface area contributed by atoms with E-state index in [1.807, 2.05) is 0 Å². The highest BCUT2D eigenvalue weighted by atomic mass is 32.2. The van der Waals surface area contributed by atoms with Crippen molar-refractivity contribution >= 4 is 15.9 Å². The molecule has 2 rings (SSSR count). The molecule has 8 heteroatoms. The van der Waals surface area contributed by atoms with Crippen LogP contribution in [0.15, 0.2) is 17.2 Å². The molecular weight excluding hydrogens is 294 g/mol. The number of amides is 1. The molecule has 1 aliphatic heterocycles. The average molecular weight is 315 g/mol. The summed E-state index contributed by atoms with van der Waals surface area (Å²) in [5.41, 5.74) is 5.38. The Labute approximate surface area is 124 Å². The van der Waals surface area contributed by atoms with E-state index in [1.54, 1.807) is 7.05 Å². The lowest BCUT2D eigenvalue weighted by atomic mass is 9.97. The zero-order chi connectivity index (χ0) is 15.6. The number of rotatable bonds is 5. The summed E-state index contributed by atoms with van der Waals surface area (Å²) in [7, 11) is -2.04. The number of sulfonamides is 1. The first-order chi connectivity index (χ1) is 9.86. The molecule has 1 aliphatic rings. The van der Waals surface area contributed by atoms with Gasteiger partial charge in [0.2, 0.25) is 10.0 Å². The predicted octanol–water partition coefficient (Wildman–Crippen LogP) is -0.0929. The summed E-state index contributed by atoms with van der Waals surface area (Å²) >= 11 is 0. The molecule has 1 aromatic heterocycles. The molecular formula is C13H21N3O4S. The van der Waals surface area contributed by atoms with Crippen molar-refractivity contribution in [3.05, 3.63) is 18.0 Å². The topological polar surface area (TPSA) is 106 Å². The second-order valence-electron chi connectivity index (χ2n) is 5.42. The van der Waals surface area contributed by atoms with Crippen LogP contribution in [0.5, 0.6) is 0 Å². The minimum Gasteiger partial charge on any atom is -0.396 e. The number of primary amides is 1. The van der Waals surface area contributed by atoms with Crippen molar-refractivity contribution < 1.29 is 18.3 Å². The van der Waals surface area contributed by atoms with E-state index < -0.39 is 15.9 Å². The maximum absolute atomic E-state index is 12.6. The third kappa shape index (κ3) is 3.28. The number of aryl methyl sites for hydroxylation is 1. The van der Waals surface area contributed by atoms with Crippen molar-refractivity contribution in [2.24, 2.45) is 18.7 Å². The molecule has 118 valence electrons. The molecule has 0 aromatic carbocycles. The van der Waals surface area contributed by atoms with E-state index in [-0.39, 0.29) is 23.1 Å². The number of piperidine rings is 1. The number of aliphatic hydroxyl groups excluding tert-OH is 1. The Morgan fingerprint density at radius 1 is 1.52 bits per heavy atom. The monoisotopic (exact) mass is 315 g/mol. The number of carbonyl (C=O) groups is 1. The summed E-state index contributed by atoms with van der Waals surface area (Å²) in [5.74, 6) is -0.478. The highest BCUT2D eigenvalue weighted by Gasteiger charge is 2.31. The first-order valence-electron chi connectivity index (χ1n) is 6.93. The van der Waals surface area contributed by atoms with Crippen LogP contribution in [0.25, 0.3) is 0 Å². The van der Waals surface area contributed by atoms with Crippen molar-refractivity contribution in [1.29, 1.82) is 0 Å². The van der Waals surface area contributed by atoms with Gasteiger partial charge in [0.25, 0.3) is 5.91 Å². The third-order valence-electron chi connectivity index (χ3n) is 3.89. The lowest BCUT2D eigenvalue weighted by Gasteiger charge is -2.31. The quantitative estimate of drug-likeness (QED) is 0.792. The highest BCUT2D eigenvalue weighted by Crippen LogP contribution is 2.26. The number of nitrogens with two attached hydrogens (primary N) is 1. The zero-order valence-electron chi connectivity index (χ0n) is 12.0. The summed E-state index contributed by atoms with van der Waals surface area (Å²) < 4.78 is 28.1. The molecule has 0 spiro atoms. The van der Waals surface area contributed by atoms with Crippen LogP contribution in [0.3, 0.4) is 0 Å². The fraction of sp³-hybridized carbons (Fsp3) is 0.615. The molecule has 1 saturated heterocycles. The fourth-order valence-electron chi connectivity index (χ4n) is 2.73. The van der Waals surface area contributed by atoms with Crippen molar-refractivity contribution in [3.63, 3.8) is 0 Å². The minimum absolute atomic E-state index is 0.0652. The Bertz CT molecular complexity index is 621. The van der Waals surface area contributed by atoms with Gasteiger partial charge in [-0.15, -0.1) is 0 Å². The molecule has 0 saturated carbocycles. The van der Waals surface area contributed by atoms with Crippen LogP contribution in [0.4, 0.5) is 0 Å². The van der Waals surface area contributed by atoms with Gasteiger partial charge in [-0.3, -0.25) is 4.79 Å². The van der Waals surface area contributed by atoms with Gasteiger partial charge < -0.3 is 15.4 Å². The standard InChI is InChI=1S/C13H21N3O4S/c1-15-9-11(7-12(15)13(14)18)21(19,20)16-5-2-3-10(8-16)4-6-17/h7,9-10,17H,2-6,8H2,1H3,(H2,14,18). The number of hydrogen-bond acceptors (Lipinski definition) is 4. The van der Waals surface area contributed by atoms with E-state index in [2.05, 4.69) is 0 Å². The van der Waals surface area contributed by atoms with Gasteiger partial charge in [0.15, 0.2) is 0 Å². The van der Waals surface area contributed by atoms with E-state index in [9.17, 15) is 13.2 Å².